The first kappa shape index (κ1) is 21.3. The Balaban J connectivity index is 1.74. The molecule has 5 aliphatic rings. The summed E-state index contributed by atoms with van der Waals surface area (Å²) in [6.07, 6.45) is -4.07. The van der Waals surface area contributed by atoms with Crippen molar-refractivity contribution in [2.75, 3.05) is 6.61 Å². The highest BCUT2D eigenvalue weighted by molar-refractivity contribution is 5.85. The number of hydrogen-bond donors (Lipinski definition) is 3. The summed E-state index contributed by atoms with van der Waals surface area (Å²) in [5.74, 6) is -6.24. The number of Topliss-reactive ketones (excluding diaryl/α,β-unsaturated/α-hetero) is 1. The van der Waals surface area contributed by atoms with Crippen LogP contribution in [0.3, 0.4) is 0 Å². The average Bonchev–Trinajstić information content (AvgIpc) is 2.97. The molecule has 2 saturated heterocycles. The summed E-state index contributed by atoms with van der Waals surface area (Å²) >= 11 is 0. The fraction of sp³-hybridized carbons (Fsp3) is 0.864. The van der Waals surface area contributed by atoms with Crippen molar-refractivity contribution in [1.29, 1.82) is 0 Å². The van der Waals surface area contributed by atoms with Gasteiger partial charge in [0.2, 0.25) is 6.10 Å². The Hall–Kier alpha value is -1.55. The van der Waals surface area contributed by atoms with Crippen LogP contribution in [0, 0.1) is 40.4 Å². The molecule has 0 radical (unpaired) electrons. The van der Waals surface area contributed by atoms with E-state index in [1.165, 1.54) is 6.92 Å². The predicted molar refractivity (Wildman–Crippen MR) is 102 cm³/mol. The molecule has 3 saturated carbocycles. The number of aliphatic hydroxyl groups excluding tert-OH is 2. The molecule has 5 fully saturated rings. The van der Waals surface area contributed by atoms with Crippen LogP contribution in [0.1, 0.15) is 40.5 Å². The van der Waals surface area contributed by atoms with Crippen molar-refractivity contribution in [3.05, 3.63) is 0 Å². The maximum atomic E-state index is 12.9. The van der Waals surface area contributed by atoms with Gasteiger partial charge in [-0.25, -0.2) is 4.79 Å². The molecule has 2 heterocycles. The third-order valence-electron chi connectivity index (χ3n) is 9.32. The Morgan fingerprint density at radius 3 is 2.55 bits per heavy atom. The van der Waals surface area contributed by atoms with Crippen molar-refractivity contribution in [1.82, 2.24) is 0 Å². The SMILES string of the molecule is CC(=O)O[C@H]1C(=O)O[C@@H]2C[C@H]3[C@@H](C)CC(=O)[C@@H](O)[C@]3(C)[C@H]3[C@@]4(O)OC[C@]32[C@@H]1[C@@H](C)[C@H]4O. The van der Waals surface area contributed by atoms with E-state index in [4.69, 9.17) is 14.2 Å². The van der Waals surface area contributed by atoms with Gasteiger partial charge in [0, 0.05) is 36.0 Å². The lowest BCUT2D eigenvalue weighted by atomic mass is 9.37. The molecule has 2 bridgehead atoms. The van der Waals surface area contributed by atoms with Gasteiger partial charge >= 0.3 is 11.9 Å². The number of rotatable bonds is 1. The highest BCUT2D eigenvalue weighted by atomic mass is 16.7. The van der Waals surface area contributed by atoms with Crippen LogP contribution >= 0.6 is 0 Å². The summed E-state index contributed by atoms with van der Waals surface area (Å²) in [6, 6.07) is 0. The van der Waals surface area contributed by atoms with Crippen LogP contribution in [0.4, 0.5) is 0 Å². The first-order chi connectivity index (χ1) is 14.4. The smallest absolute Gasteiger partial charge is 0.348 e. The molecule has 1 spiro atoms. The van der Waals surface area contributed by atoms with Crippen molar-refractivity contribution in [3.8, 4) is 0 Å². The Kier molecular flexibility index (Phi) is 4.31. The molecule has 5 rings (SSSR count). The largest absolute Gasteiger partial charge is 0.459 e. The molecule has 0 aromatic rings. The lowest BCUT2D eigenvalue weighted by Gasteiger charge is -2.68. The van der Waals surface area contributed by atoms with Gasteiger partial charge in [-0.05, 0) is 24.2 Å². The molecule has 3 aliphatic carbocycles. The zero-order valence-electron chi connectivity index (χ0n) is 18.1. The number of ether oxygens (including phenoxy) is 3. The first-order valence-corrected chi connectivity index (χ1v) is 11.0. The van der Waals surface area contributed by atoms with Crippen molar-refractivity contribution in [3.63, 3.8) is 0 Å². The van der Waals surface area contributed by atoms with Crippen LogP contribution in [0.5, 0.6) is 0 Å². The van der Waals surface area contributed by atoms with Crippen LogP contribution in [-0.2, 0) is 28.6 Å². The average molecular weight is 438 g/mol. The van der Waals surface area contributed by atoms with Gasteiger partial charge in [0.15, 0.2) is 11.6 Å². The van der Waals surface area contributed by atoms with Gasteiger partial charge < -0.3 is 29.5 Å². The maximum Gasteiger partial charge on any atom is 0.348 e. The minimum absolute atomic E-state index is 0.0342. The summed E-state index contributed by atoms with van der Waals surface area (Å²) in [6.45, 7) is 6.55. The summed E-state index contributed by atoms with van der Waals surface area (Å²) in [5.41, 5.74) is -2.12. The minimum atomic E-state index is -2.02. The zero-order valence-corrected chi connectivity index (χ0v) is 18.1. The highest BCUT2D eigenvalue weighted by Crippen LogP contribution is 2.74. The third-order valence-corrected chi connectivity index (χ3v) is 9.32. The van der Waals surface area contributed by atoms with Crippen LogP contribution < -0.4 is 0 Å². The molecule has 3 N–H and O–H groups in total. The molecule has 0 unspecified atom stereocenters. The monoisotopic (exact) mass is 438 g/mol. The number of carbonyl (C=O) groups excluding carboxylic acids is 3. The molecule has 12 atom stereocenters. The number of carbonyl (C=O) groups is 3. The van der Waals surface area contributed by atoms with E-state index in [0.29, 0.717) is 6.42 Å². The second-order valence-corrected chi connectivity index (χ2v) is 10.6. The second kappa shape index (κ2) is 6.27. The van der Waals surface area contributed by atoms with E-state index in [9.17, 15) is 29.7 Å². The van der Waals surface area contributed by atoms with Crippen molar-refractivity contribution < 1.29 is 43.9 Å². The molecule has 0 aromatic heterocycles. The standard InChI is InChI=1S/C22H30O9/c1-8-5-12(24)17(26)20(4)11(8)6-13-21-7-29-22(28,19(20)21)16(25)9(2)14(21)15(18(27)31-13)30-10(3)23/h8-9,11,13-17,19,25-26,28H,5-7H2,1-4H3/t8-,9+,11-,13+,14+,15+,16+,17+,19+,20+,21-,22-/m0/s1. The summed E-state index contributed by atoms with van der Waals surface area (Å²) in [4.78, 5) is 37.5. The van der Waals surface area contributed by atoms with Gasteiger partial charge in [0.05, 0.1) is 6.61 Å². The van der Waals surface area contributed by atoms with E-state index in [1.807, 2.05) is 6.92 Å². The molecule has 31 heavy (non-hydrogen) atoms. The molecule has 9 nitrogen and oxygen atoms in total. The maximum absolute atomic E-state index is 12.9. The molecule has 9 heteroatoms. The summed E-state index contributed by atoms with van der Waals surface area (Å²) < 4.78 is 17.1. The zero-order chi connectivity index (χ0) is 22.7. The van der Waals surface area contributed by atoms with Crippen molar-refractivity contribution in [2.45, 2.75) is 70.7 Å². The molecule has 0 aromatic carbocycles. The van der Waals surface area contributed by atoms with Gasteiger partial charge in [0.1, 0.15) is 18.3 Å². The van der Waals surface area contributed by atoms with Gasteiger partial charge in [-0.3, -0.25) is 9.59 Å². The van der Waals surface area contributed by atoms with E-state index >= 15 is 0 Å². The van der Waals surface area contributed by atoms with Crippen LogP contribution in [-0.4, -0.2) is 69.9 Å². The lowest BCUT2D eigenvalue weighted by molar-refractivity contribution is -0.346. The fourth-order valence-corrected chi connectivity index (χ4v) is 8.33. The number of ketones is 1. The summed E-state index contributed by atoms with van der Waals surface area (Å²) in [7, 11) is 0. The quantitative estimate of drug-likeness (QED) is 0.474. The fourth-order valence-electron chi connectivity index (χ4n) is 8.33. The van der Waals surface area contributed by atoms with Crippen LogP contribution in [0.2, 0.25) is 0 Å². The van der Waals surface area contributed by atoms with Gasteiger partial charge in [0.25, 0.3) is 0 Å². The molecular weight excluding hydrogens is 408 g/mol. The minimum Gasteiger partial charge on any atom is -0.459 e. The first-order valence-electron chi connectivity index (χ1n) is 11.0. The van der Waals surface area contributed by atoms with Crippen LogP contribution in [0.15, 0.2) is 0 Å². The van der Waals surface area contributed by atoms with Crippen LogP contribution in [0.25, 0.3) is 0 Å². The lowest BCUT2D eigenvalue weighted by Crippen LogP contribution is -2.78. The topological polar surface area (TPSA) is 140 Å². The Bertz CT molecular complexity index is 858. The summed E-state index contributed by atoms with van der Waals surface area (Å²) in [5, 5.41) is 34.0. The number of esters is 2. The Morgan fingerprint density at radius 1 is 1.23 bits per heavy atom. The Morgan fingerprint density at radius 2 is 1.90 bits per heavy atom. The van der Waals surface area contributed by atoms with Gasteiger partial charge in [-0.15, -0.1) is 0 Å². The van der Waals surface area contributed by atoms with Crippen molar-refractivity contribution >= 4 is 17.7 Å². The molecule has 0 amide bonds. The number of fused-ring (bicyclic) bond motifs is 1. The van der Waals surface area contributed by atoms with E-state index in [-0.39, 0.29) is 30.6 Å². The van der Waals surface area contributed by atoms with Gasteiger partial charge in [-0.1, -0.05) is 20.8 Å². The third kappa shape index (κ3) is 2.28. The molecule has 172 valence electrons. The van der Waals surface area contributed by atoms with E-state index in [2.05, 4.69) is 0 Å². The predicted octanol–water partition coefficient (Wildman–Crippen LogP) is -0.212. The van der Waals surface area contributed by atoms with Crippen molar-refractivity contribution in [2.24, 2.45) is 40.4 Å². The molecule has 2 aliphatic heterocycles. The van der Waals surface area contributed by atoms with E-state index in [0.717, 1.165) is 0 Å². The number of aliphatic hydroxyl groups is 3. The molecular formula is C22H30O9. The van der Waals surface area contributed by atoms with Gasteiger partial charge in [-0.2, -0.15) is 0 Å². The number of hydrogen-bond acceptors (Lipinski definition) is 9. The van der Waals surface area contributed by atoms with E-state index in [1.54, 1.807) is 13.8 Å². The Labute approximate surface area is 180 Å². The normalized spacial score (nSPS) is 57.6. The highest BCUT2D eigenvalue weighted by Gasteiger charge is 2.83. The van der Waals surface area contributed by atoms with E-state index < -0.39 is 70.7 Å². The second-order valence-electron chi connectivity index (χ2n) is 10.6.